The number of para-hydroxylation sites is 2. The lowest BCUT2D eigenvalue weighted by Gasteiger charge is -2.37. The van der Waals surface area contributed by atoms with Gasteiger partial charge < -0.3 is 19.9 Å². The normalized spacial score (nSPS) is 13.5. The van der Waals surface area contributed by atoms with E-state index in [1.807, 2.05) is 24.3 Å². The Morgan fingerprint density at radius 3 is 2.53 bits per heavy atom. The molecule has 4 rings (SSSR count). The van der Waals surface area contributed by atoms with Gasteiger partial charge in [-0.3, -0.25) is 9.59 Å². The van der Waals surface area contributed by atoms with Gasteiger partial charge in [-0.15, -0.1) is 0 Å². The summed E-state index contributed by atoms with van der Waals surface area (Å²) in [6, 6.07) is 16.9. The number of nitrogens with one attached hydrogen (secondary N) is 1. The number of ketones is 1. The molecule has 1 N–H and O–H groups in total. The Kier molecular flexibility index (Phi) is 7.64. The molecular weight excluding hydrogens is 450 g/mol. The number of carbonyl (C=O) groups is 2. The third kappa shape index (κ3) is 5.85. The summed E-state index contributed by atoms with van der Waals surface area (Å²) in [5.41, 5.74) is 2.27. The Bertz CT molecular complexity index is 1160. The zero-order chi connectivity index (χ0) is 23.9. The number of ether oxygens (including phenoxy) is 1. The highest BCUT2D eigenvalue weighted by Gasteiger charge is 2.21. The van der Waals surface area contributed by atoms with Gasteiger partial charge in [-0.25, -0.2) is 9.97 Å². The van der Waals surface area contributed by atoms with E-state index >= 15 is 0 Å². The molecule has 1 aromatic heterocycles. The first-order valence-corrected chi connectivity index (χ1v) is 12.0. The molecule has 1 aliphatic rings. The van der Waals surface area contributed by atoms with Crippen molar-refractivity contribution in [2.45, 2.75) is 11.9 Å². The van der Waals surface area contributed by atoms with Crippen LogP contribution in [0.2, 0.25) is 0 Å². The van der Waals surface area contributed by atoms with Crippen LogP contribution in [0.5, 0.6) is 5.75 Å². The lowest BCUT2D eigenvalue weighted by molar-refractivity contribution is -0.113. The first-order chi connectivity index (χ1) is 16.5. The van der Waals surface area contributed by atoms with Crippen LogP contribution < -0.4 is 19.9 Å². The van der Waals surface area contributed by atoms with Crippen LogP contribution in [0.15, 0.2) is 66.0 Å². The predicted octanol–water partition coefficient (Wildman–Crippen LogP) is 3.75. The number of piperazine rings is 1. The lowest BCUT2D eigenvalue weighted by Crippen LogP contribution is -2.47. The van der Waals surface area contributed by atoms with Crippen LogP contribution in [0.1, 0.15) is 17.3 Å². The van der Waals surface area contributed by atoms with Crippen LogP contribution in [0, 0.1) is 0 Å². The van der Waals surface area contributed by atoms with Crippen molar-refractivity contribution in [2.24, 2.45) is 0 Å². The second-order valence-electron chi connectivity index (χ2n) is 7.83. The molecule has 1 fully saturated rings. The number of hydrogen-bond donors (Lipinski definition) is 1. The van der Waals surface area contributed by atoms with Crippen LogP contribution in [0.25, 0.3) is 0 Å². The van der Waals surface area contributed by atoms with E-state index < -0.39 is 0 Å². The molecule has 3 aromatic rings. The number of anilines is 3. The fraction of sp³-hybridized carbons (Fsp3) is 0.280. The quantitative estimate of drug-likeness (QED) is 0.298. The van der Waals surface area contributed by atoms with Gasteiger partial charge in [0.05, 0.1) is 18.6 Å². The van der Waals surface area contributed by atoms with Gasteiger partial charge in [-0.1, -0.05) is 36.0 Å². The molecule has 176 valence electrons. The number of rotatable bonds is 8. The highest BCUT2D eigenvalue weighted by molar-refractivity contribution is 7.99. The highest BCUT2D eigenvalue weighted by Crippen LogP contribution is 2.29. The van der Waals surface area contributed by atoms with Crippen molar-refractivity contribution < 1.29 is 14.3 Å². The lowest BCUT2D eigenvalue weighted by atomic mass is 10.1. The number of methoxy groups -OCH3 is 1. The number of thioether (sulfide) groups is 1. The van der Waals surface area contributed by atoms with Gasteiger partial charge in [0, 0.05) is 43.5 Å². The third-order valence-electron chi connectivity index (χ3n) is 5.56. The first-order valence-electron chi connectivity index (χ1n) is 11.0. The van der Waals surface area contributed by atoms with Crippen molar-refractivity contribution in [3.8, 4) is 5.75 Å². The fourth-order valence-electron chi connectivity index (χ4n) is 3.80. The largest absolute Gasteiger partial charge is 0.495 e. The molecule has 0 unspecified atom stereocenters. The van der Waals surface area contributed by atoms with Gasteiger partial charge >= 0.3 is 0 Å². The minimum absolute atomic E-state index is 0.0391. The summed E-state index contributed by atoms with van der Waals surface area (Å²) in [5.74, 6) is 1.75. The van der Waals surface area contributed by atoms with E-state index in [9.17, 15) is 9.59 Å². The van der Waals surface area contributed by atoms with Crippen molar-refractivity contribution >= 4 is 40.6 Å². The van der Waals surface area contributed by atoms with E-state index in [4.69, 9.17) is 4.74 Å². The molecule has 2 heterocycles. The van der Waals surface area contributed by atoms with Crippen LogP contribution in [-0.2, 0) is 4.79 Å². The average Bonchev–Trinajstić information content (AvgIpc) is 2.88. The van der Waals surface area contributed by atoms with E-state index in [1.54, 1.807) is 37.7 Å². The summed E-state index contributed by atoms with van der Waals surface area (Å²) in [6.07, 6.45) is 1.54. The smallest absolute Gasteiger partial charge is 0.234 e. The van der Waals surface area contributed by atoms with E-state index in [1.165, 1.54) is 18.7 Å². The molecule has 0 radical (unpaired) electrons. The van der Waals surface area contributed by atoms with Crippen LogP contribution in [0.3, 0.4) is 0 Å². The average molecular weight is 478 g/mol. The van der Waals surface area contributed by atoms with Crippen molar-refractivity contribution in [3.63, 3.8) is 0 Å². The monoisotopic (exact) mass is 477 g/mol. The standard InChI is InChI=1S/C25H27N5O3S/c1-18(31)19-6-5-7-20(14-19)28-24(32)16-34-25-15-23(26-17-27-25)30-12-10-29(11-13-30)21-8-3-4-9-22(21)33-2/h3-9,14-15,17H,10-13,16H2,1-2H3,(H,28,32). The van der Waals surface area contributed by atoms with E-state index in [-0.39, 0.29) is 17.4 Å². The first kappa shape index (κ1) is 23.6. The second kappa shape index (κ2) is 11.0. The number of aromatic nitrogens is 2. The summed E-state index contributed by atoms with van der Waals surface area (Å²) >= 11 is 1.36. The predicted molar refractivity (Wildman–Crippen MR) is 135 cm³/mol. The van der Waals surface area contributed by atoms with E-state index in [2.05, 4.69) is 31.2 Å². The Hall–Kier alpha value is -3.59. The molecule has 1 saturated heterocycles. The molecule has 8 nitrogen and oxygen atoms in total. The van der Waals surface area contributed by atoms with Gasteiger partial charge in [-0.2, -0.15) is 0 Å². The van der Waals surface area contributed by atoms with Gasteiger partial charge in [-0.05, 0) is 31.2 Å². The van der Waals surface area contributed by atoms with Crippen LogP contribution >= 0.6 is 11.8 Å². The number of hydrogen-bond acceptors (Lipinski definition) is 8. The van der Waals surface area contributed by atoms with E-state index in [0.717, 1.165) is 48.5 Å². The van der Waals surface area contributed by atoms with Crippen molar-refractivity contribution in [2.75, 3.05) is 54.2 Å². The van der Waals surface area contributed by atoms with Crippen LogP contribution in [-0.4, -0.2) is 60.7 Å². The summed E-state index contributed by atoms with van der Waals surface area (Å²) in [6.45, 7) is 4.86. The third-order valence-corrected chi connectivity index (χ3v) is 6.49. The Labute approximate surface area is 203 Å². The Morgan fingerprint density at radius 2 is 1.76 bits per heavy atom. The minimum atomic E-state index is -0.156. The number of benzene rings is 2. The molecule has 0 atom stereocenters. The molecule has 9 heteroatoms. The maximum Gasteiger partial charge on any atom is 0.234 e. The molecule has 0 aliphatic carbocycles. The summed E-state index contributed by atoms with van der Waals surface area (Å²) in [4.78, 5) is 37.2. The molecule has 0 saturated carbocycles. The zero-order valence-electron chi connectivity index (χ0n) is 19.2. The molecule has 1 aliphatic heterocycles. The maximum absolute atomic E-state index is 12.4. The summed E-state index contributed by atoms with van der Waals surface area (Å²) in [7, 11) is 1.69. The zero-order valence-corrected chi connectivity index (χ0v) is 20.0. The number of amides is 1. The van der Waals surface area contributed by atoms with Gasteiger partial charge in [0.1, 0.15) is 22.9 Å². The molecule has 2 aromatic carbocycles. The highest BCUT2D eigenvalue weighted by atomic mass is 32.2. The number of Topliss-reactive ketones (excluding diaryl/α,β-unsaturated/α-hetero) is 1. The number of carbonyl (C=O) groups excluding carboxylic acids is 2. The van der Waals surface area contributed by atoms with Gasteiger partial charge in [0.15, 0.2) is 5.78 Å². The van der Waals surface area contributed by atoms with Crippen LogP contribution in [0.4, 0.5) is 17.2 Å². The Balaban J connectivity index is 1.31. The fourth-order valence-corrected chi connectivity index (χ4v) is 4.46. The van der Waals surface area contributed by atoms with Crippen molar-refractivity contribution in [3.05, 3.63) is 66.5 Å². The molecule has 0 bridgehead atoms. The molecule has 0 spiro atoms. The second-order valence-corrected chi connectivity index (χ2v) is 8.83. The van der Waals surface area contributed by atoms with Gasteiger partial charge in [0.25, 0.3) is 0 Å². The Morgan fingerprint density at radius 1 is 1.00 bits per heavy atom. The maximum atomic E-state index is 12.4. The van der Waals surface area contributed by atoms with Gasteiger partial charge in [0.2, 0.25) is 5.91 Å². The van der Waals surface area contributed by atoms with Crippen molar-refractivity contribution in [1.82, 2.24) is 9.97 Å². The minimum Gasteiger partial charge on any atom is -0.495 e. The molecule has 34 heavy (non-hydrogen) atoms. The topological polar surface area (TPSA) is 87.7 Å². The summed E-state index contributed by atoms with van der Waals surface area (Å²) in [5, 5.41) is 3.57. The molecular formula is C25H27N5O3S. The SMILES string of the molecule is COc1ccccc1N1CCN(c2cc(SCC(=O)Nc3cccc(C(C)=O)c3)ncn2)CC1. The van der Waals surface area contributed by atoms with Crippen molar-refractivity contribution in [1.29, 1.82) is 0 Å². The number of nitrogens with zero attached hydrogens (tertiary/aromatic N) is 4. The molecule has 1 amide bonds. The van der Waals surface area contributed by atoms with E-state index in [0.29, 0.717) is 11.3 Å². The summed E-state index contributed by atoms with van der Waals surface area (Å²) < 4.78 is 5.50.